The van der Waals surface area contributed by atoms with Gasteiger partial charge in [-0.15, -0.1) is 0 Å². The molecule has 3 rings (SSSR count). The first-order chi connectivity index (χ1) is 12.5. The van der Waals surface area contributed by atoms with Crippen molar-refractivity contribution in [2.75, 3.05) is 6.16 Å². The molecule has 3 aromatic rings. The lowest BCUT2D eigenvalue weighted by atomic mass is 10.1. The van der Waals surface area contributed by atoms with E-state index < -0.39 is 7.14 Å². The van der Waals surface area contributed by atoms with Gasteiger partial charge in [-0.2, -0.15) is 0 Å². The quantitative estimate of drug-likeness (QED) is 0.441. The molecule has 0 spiro atoms. The molecule has 0 saturated carbocycles. The molecule has 0 aliphatic heterocycles. The molecule has 0 bridgehead atoms. The van der Waals surface area contributed by atoms with Gasteiger partial charge in [-0.1, -0.05) is 66.7 Å². The zero-order valence-electron chi connectivity index (χ0n) is 15.5. The molecule has 3 aromatic carbocycles. The molecule has 0 aromatic heterocycles. The number of hydrogen-bond donors (Lipinski definition) is 0. The van der Waals surface area contributed by atoms with Crippen LogP contribution in [0, 0.1) is 13.8 Å². The van der Waals surface area contributed by atoms with E-state index in [0.717, 1.165) is 22.0 Å². The van der Waals surface area contributed by atoms with Crippen molar-refractivity contribution in [3.63, 3.8) is 0 Å². The van der Waals surface area contributed by atoms with Crippen LogP contribution in [-0.4, -0.2) is 11.9 Å². The van der Waals surface area contributed by atoms with Crippen LogP contribution in [0.4, 0.5) is 5.69 Å². The van der Waals surface area contributed by atoms with Gasteiger partial charge in [-0.05, 0) is 44.0 Å². The van der Waals surface area contributed by atoms with Crippen LogP contribution < -0.4 is 10.6 Å². The van der Waals surface area contributed by atoms with Crippen molar-refractivity contribution in [3.05, 3.63) is 90.0 Å². The summed E-state index contributed by atoms with van der Waals surface area (Å²) in [4.78, 5) is 4.74. The summed E-state index contributed by atoms with van der Waals surface area (Å²) >= 11 is 0. The van der Waals surface area contributed by atoms with E-state index in [0.29, 0.717) is 6.16 Å². The predicted octanol–water partition coefficient (Wildman–Crippen LogP) is 5.41. The molecule has 0 radical (unpaired) electrons. The van der Waals surface area contributed by atoms with Crippen molar-refractivity contribution in [2.24, 2.45) is 4.99 Å². The second-order valence-electron chi connectivity index (χ2n) is 6.68. The van der Waals surface area contributed by atoms with Gasteiger partial charge in [0.05, 0.1) is 5.69 Å². The highest BCUT2D eigenvalue weighted by molar-refractivity contribution is 7.79. The van der Waals surface area contributed by atoms with E-state index in [1.54, 1.807) is 0 Å². The summed E-state index contributed by atoms with van der Waals surface area (Å²) in [6.07, 6.45) is 0.438. The molecule has 0 aliphatic carbocycles. The Morgan fingerprint density at radius 2 is 1.35 bits per heavy atom. The van der Waals surface area contributed by atoms with Crippen LogP contribution in [0.15, 0.2) is 83.9 Å². The fourth-order valence-electron chi connectivity index (χ4n) is 3.04. The number of aliphatic imine (C=N–C) groups is 1. The lowest BCUT2D eigenvalue weighted by Gasteiger charge is -2.19. The highest BCUT2D eigenvalue weighted by Gasteiger charge is 2.27. The zero-order valence-corrected chi connectivity index (χ0v) is 16.4. The second kappa shape index (κ2) is 7.85. The van der Waals surface area contributed by atoms with Gasteiger partial charge in [0.1, 0.15) is 7.14 Å². The monoisotopic (exact) mass is 361 g/mol. The lowest BCUT2D eigenvalue weighted by Crippen LogP contribution is -2.21. The summed E-state index contributed by atoms with van der Waals surface area (Å²) in [5.41, 5.74) is 4.26. The maximum absolute atomic E-state index is 14.1. The van der Waals surface area contributed by atoms with Gasteiger partial charge in [-0.25, -0.2) is 0 Å². The van der Waals surface area contributed by atoms with Gasteiger partial charge in [0, 0.05) is 22.5 Å². The van der Waals surface area contributed by atoms with Crippen LogP contribution in [0.2, 0.25) is 0 Å². The van der Waals surface area contributed by atoms with E-state index in [1.165, 1.54) is 11.1 Å². The highest BCUT2D eigenvalue weighted by Crippen LogP contribution is 2.43. The first-order valence-corrected chi connectivity index (χ1v) is 10.7. The van der Waals surface area contributed by atoms with Gasteiger partial charge in [0.15, 0.2) is 0 Å². The van der Waals surface area contributed by atoms with Crippen molar-refractivity contribution < 1.29 is 4.57 Å². The van der Waals surface area contributed by atoms with Crippen LogP contribution in [0.25, 0.3) is 0 Å². The summed E-state index contributed by atoms with van der Waals surface area (Å²) < 4.78 is 14.1. The molecule has 0 fully saturated rings. The number of aryl methyl sites for hydroxylation is 2. The van der Waals surface area contributed by atoms with E-state index in [-0.39, 0.29) is 0 Å². The highest BCUT2D eigenvalue weighted by atomic mass is 31.2. The first-order valence-electron chi connectivity index (χ1n) is 8.81. The predicted molar refractivity (Wildman–Crippen MR) is 113 cm³/mol. The average molecular weight is 361 g/mol. The molecular formula is C23H24NOP. The third kappa shape index (κ3) is 4.03. The third-order valence-corrected chi connectivity index (χ3v) is 7.78. The Kier molecular flexibility index (Phi) is 5.54. The van der Waals surface area contributed by atoms with Crippen molar-refractivity contribution in [2.45, 2.75) is 20.8 Å². The number of hydrogen-bond acceptors (Lipinski definition) is 2. The minimum Gasteiger partial charge on any atom is -0.313 e. The molecule has 0 aliphatic rings. The zero-order chi connectivity index (χ0) is 18.6. The standard InChI is InChI=1S/C23H24NOP/c1-18-14-15-21(16-19(18)2)24-20(3)17-26(25,22-10-6-4-7-11-22)23-12-8-5-9-13-23/h4-16H,17H2,1-3H3. The van der Waals surface area contributed by atoms with E-state index in [1.807, 2.05) is 73.7 Å². The maximum Gasteiger partial charge on any atom is 0.148 e. The molecule has 0 heterocycles. The van der Waals surface area contributed by atoms with Crippen molar-refractivity contribution >= 4 is 29.2 Å². The van der Waals surface area contributed by atoms with E-state index >= 15 is 0 Å². The molecular weight excluding hydrogens is 337 g/mol. The van der Waals surface area contributed by atoms with Crippen LogP contribution in [0.5, 0.6) is 0 Å². The molecule has 0 N–H and O–H groups in total. The summed E-state index contributed by atoms with van der Waals surface area (Å²) in [5, 5.41) is 1.75. The van der Waals surface area contributed by atoms with E-state index in [9.17, 15) is 4.57 Å². The molecule has 2 nitrogen and oxygen atoms in total. The van der Waals surface area contributed by atoms with Crippen LogP contribution in [-0.2, 0) is 4.57 Å². The Hall–Kier alpha value is -2.44. The van der Waals surface area contributed by atoms with Crippen LogP contribution >= 0.6 is 7.14 Å². The van der Waals surface area contributed by atoms with Crippen molar-refractivity contribution in [1.29, 1.82) is 0 Å². The average Bonchev–Trinajstić information content (AvgIpc) is 2.66. The molecule has 3 heteroatoms. The van der Waals surface area contributed by atoms with E-state index in [2.05, 4.69) is 26.0 Å². The minimum atomic E-state index is -2.77. The fourth-order valence-corrected chi connectivity index (χ4v) is 5.73. The SMILES string of the molecule is CC(CP(=O)(c1ccccc1)c1ccccc1)=Nc1ccc(C)c(C)c1. The fraction of sp³-hybridized carbons (Fsp3) is 0.174. The van der Waals surface area contributed by atoms with Crippen molar-refractivity contribution in [3.8, 4) is 0 Å². The van der Waals surface area contributed by atoms with E-state index in [4.69, 9.17) is 4.99 Å². The Morgan fingerprint density at radius 1 is 0.808 bits per heavy atom. The molecule has 26 heavy (non-hydrogen) atoms. The first kappa shape index (κ1) is 18.4. The Labute approximate surface area is 156 Å². The molecule has 0 saturated heterocycles. The minimum absolute atomic E-state index is 0.438. The van der Waals surface area contributed by atoms with Gasteiger partial charge in [0.2, 0.25) is 0 Å². The largest absolute Gasteiger partial charge is 0.313 e. The molecule has 132 valence electrons. The Balaban J connectivity index is 2.00. The third-order valence-electron chi connectivity index (χ3n) is 4.61. The van der Waals surface area contributed by atoms with Crippen molar-refractivity contribution in [1.82, 2.24) is 0 Å². The summed E-state index contributed by atoms with van der Waals surface area (Å²) in [5.74, 6) is 0. The number of benzene rings is 3. The van der Waals surface area contributed by atoms with Crippen LogP contribution in [0.3, 0.4) is 0 Å². The second-order valence-corrected chi connectivity index (χ2v) is 9.51. The lowest BCUT2D eigenvalue weighted by molar-refractivity contribution is 0.589. The number of nitrogens with zero attached hydrogens (tertiary/aromatic N) is 1. The molecule has 0 amide bonds. The smallest absolute Gasteiger partial charge is 0.148 e. The molecule has 0 unspecified atom stereocenters. The maximum atomic E-state index is 14.1. The summed E-state index contributed by atoms with van der Waals surface area (Å²) in [6.45, 7) is 6.14. The topological polar surface area (TPSA) is 29.4 Å². The van der Waals surface area contributed by atoms with Gasteiger partial charge < -0.3 is 4.57 Å². The summed E-state index contributed by atoms with van der Waals surface area (Å²) in [6, 6.07) is 25.7. The molecule has 0 atom stereocenters. The van der Waals surface area contributed by atoms with Crippen LogP contribution in [0.1, 0.15) is 18.1 Å². The summed E-state index contributed by atoms with van der Waals surface area (Å²) in [7, 11) is -2.77. The number of rotatable bonds is 5. The van der Waals surface area contributed by atoms with Gasteiger partial charge in [-0.3, -0.25) is 4.99 Å². The Bertz CT molecular complexity index is 919. The Morgan fingerprint density at radius 3 is 1.85 bits per heavy atom. The van der Waals surface area contributed by atoms with Gasteiger partial charge in [0.25, 0.3) is 0 Å². The normalized spacial score (nSPS) is 12.2. The van der Waals surface area contributed by atoms with Gasteiger partial charge >= 0.3 is 0 Å².